The summed E-state index contributed by atoms with van der Waals surface area (Å²) in [7, 11) is -5.29. The normalized spacial score (nSPS) is 18.6. The summed E-state index contributed by atoms with van der Waals surface area (Å²) in [5.41, 5.74) is -3.55. The van der Waals surface area contributed by atoms with Gasteiger partial charge in [0.1, 0.15) is 0 Å². The van der Waals surface area contributed by atoms with E-state index < -0.39 is 15.5 Å². The van der Waals surface area contributed by atoms with Crippen molar-refractivity contribution in [3.8, 4) is 0 Å². The first-order valence-corrected chi connectivity index (χ1v) is 7.23. The van der Waals surface area contributed by atoms with Crippen molar-refractivity contribution in [2.45, 2.75) is 11.9 Å². The Labute approximate surface area is 114 Å². The van der Waals surface area contributed by atoms with Crippen molar-refractivity contribution in [3.63, 3.8) is 0 Å². The molecule has 1 heterocycles. The van der Waals surface area contributed by atoms with Crippen LogP contribution in [0.25, 0.3) is 0 Å². The number of sulfonamides is 1. The fraction of sp³-hybridized carbons (Fsp3) is 0.364. The van der Waals surface area contributed by atoms with Gasteiger partial charge in [-0.25, -0.2) is 13.1 Å². The summed E-state index contributed by atoms with van der Waals surface area (Å²) in [5.74, 6) is 0. The van der Waals surface area contributed by atoms with Crippen molar-refractivity contribution in [2.75, 3.05) is 13.1 Å². The summed E-state index contributed by atoms with van der Waals surface area (Å²) in [6.45, 7) is -0.357. The average molecular weight is 307 g/mol. The third kappa shape index (κ3) is 3.28. The monoisotopic (exact) mass is 307 g/mol. The standard InChI is InChI=1S/C11H12F3N3O2S/c12-11(13,14)20(18,19)15-6-8-17-7-5-9-3-1-2-4-10(9)16-17/h1-3,5,7,15H,4,6,8H2. The van der Waals surface area contributed by atoms with Gasteiger partial charge in [0.05, 0.1) is 12.3 Å². The second-order valence-corrected chi connectivity index (χ2v) is 5.88. The molecule has 1 N–H and O–H groups in total. The Morgan fingerprint density at radius 2 is 2.15 bits per heavy atom. The van der Waals surface area contributed by atoms with Gasteiger partial charge >= 0.3 is 15.5 Å². The molecule has 0 aromatic heterocycles. The van der Waals surface area contributed by atoms with Crippen LogP contribution >= 0.6 is 0 Å². The number of rotatable bonds is 4. The number of alkyl halides is 3. The Morgan fingerprint density at radius 1 is 1.40 bits per heavy atom. The maximum absolute atomic E-state index is 12.1. The van der Waals surface area contributed by atoms with E-state index in [1.54, 1.807) is 12.3 Å². The second kappa shape index (κ2) is 5.41. The van der Waals surface area contributed by atoms with E-state index >= 15 is 0 Å². The lowest BCUT2D eigenvalue weighted by Gasteiger charge is -2.22. The molecular weight excluding hydrogens is 295 g/mol. The smallest absolute Gasteiger partial charge is 0.271 e. The molecule has 0 atom stereocenters. The second-order valence-electron chi connectivity index (χ2n) is 4.12. The van der Waals surface area contributed by atoms with Crippen molar-refractivity contribution >= 4 is 15.7 Å². The first-order valence-electron chi connectivity index (χ1n) is 5.75. The molecule has 0 radical (unpaired) electrons. The Kier molecular flexibility index (Phi) is 4.00. The van der Waals surface area contributed by atoms with Crippen LogP contribution in [0.2, 0.25) is 0 Å². The maximum atomic E-state index is 12.1. The lowest BCUT2D eigenvalue weighted by Crippen LogP contribution is -2.39. The van der Waals surface area contributed by atoms with Gasteiger partial charge in [0, 0.05) is 19.2 Å². The van der Waals surface area contributed by atoms with Crippen molar-refractivity contribution in [1.29, 1.82) is 0 Å². The summed E-state index contributed by atoms with van der Waals surface area (Å²) >= 11 is 0. The van der Waals surface area contributed by atoms with Crippen LogP contribution < -0.4 is 4.72 Å². The number of hydrazone groups is 1. The van der Waals surface area contributed by atoms with Gasteiger partial charge < -0.3 is 0 Å². The topological polar surface area (TPSA) is 61.8 Å². The molecule has 110 valence electrons. The van der Waals surface area contributed by atoms with Crippen molar-refractivity contribution in [2.24, 2.45) is 5.10 Å². The van der Waals surface area contributed by atoms with E-state index in [0.717, 1.165) is 11.3 Å². The van der Waals surface area contributed by atoms with Crippen LogP contribution in [0, 0.1) is 0 Å². The van der Waals surface area contributed by atoms with Crippen molar-refractivity contribution in [1.82, 2.24) is 9.73 Å². The largest absolute Gasteiger partial charge is 0.511 e. The molecule has 0 saturated heterocycles. The molecule has 2 aliphatic rings. The van der Waals surface area contributed by atoms with E-state index in [9.17, 15) is 21.6 Å². The van der Waals surface area contributed by atoms with Crippen molar-refractivity contribution < 1.29 is 21.6 Å². The molecule has 0 amide bonds. The zero-order chi connectivity index (χ0) is 14.8. The van der Waals surface area contributed by atoms with Gasteiger partial charge in [0.15, 0.2) is 0 Å². The summed E-state index contributed by atoms with van der Waals surface area (Å²) in [6.07, 6.45) is 9.70. The summed E-state index contributed by atoms with van der Waals surface area (Å²) in [6, 6.07) is 0. The number of nitrogens with one attached hydrogen (secondary N) is 1. The molecule has 0 spiro atoms. The number of hydrogen-bond acceptors (Lipinski definition) is 4. The third-order valence-electron chi connectivity index (χ3n) is 2.67. The van der Waals surface area contributed by atoms with Gasteiger partial charge in [0.25, 0.3) is 0 Å². The molecule has 1 aliphatic carbocycles. The molecule has 0 saturated carbocycles. The third-order valence-corrected chi connectivity index (χ3v) is 3.86. The number of fused-ring (bicyclic) bond motifs is 1. The number of halogens is 3. The van der Waals surface area contributed by atoms with Crippen LogP contribution in [0.1, 0.15) is 6.42 Å². The minimum Gasteiger partial charge on any atom is -0.271 e. The molecule has 0 unspecified atom stereocenters. The number of allylic oxidation sites excluding steroid dienone is 5. The SMILES string of the molecule is O=S(=O)(NCCN1C=CC2=CC=CCC2=N1)C(F)(F)F. The van der Waals surface area contributed by atoms with Crippen LogP contribution in [-0.4, -0.2) is 37.7 Å². The Balaban J connectivity index is 1.90. The molecule has 0 aromatic rings. The first-order chi connectivity index (χ1) is 9.29. The lowest BCUT2D eigenvalue weighted by atomic mass is 10.0. The molecule has 1 aliphatic heterocycles. The van der Waals surface area contributed by atoms with Gasteiger partial charge in [0.2, 0.25) is 0 Å². The highest BCUT2D eigenvalue weighted by atomic mass is 32.2. The van der Waals surface area contributed by atoms with E-state index in [2.05, 4.69) is 5.10 Å². The van der Waals surface area contributed by atoms with Gasteiger partial charge in [-0.05, 0) is 11.6 Å². The minimum absolute atomic E-state index is 0.0201. The summed E-state index contributed by atoms with van der Waals surface area (Å²) in [5, 5.41) is 5.62. The summed E-state index contributed by atoms with van der Waals surface area (Å²) < 4.78 is 59.4. The molecule has 20 heavy (non-hydrogen) atoms. The predicted octanol–water partition coefficient (Wildman–Crippen LogP) is 1.50. The van der Waals surface area contributed by atoms with Crippen molar-refractivity contribution in [3.05, 3.63) is 36.1 Å². The van der Waals surface area contributed by atoms with Crippen LogP contribution in [0.4, 0.5) is 13.2 Å². The van der Waals surface area contributed by atoms with Crippen LogP contribution in [0.3, 0.4) is 0 Å². The van der Waals surface area contributed by atoms with E-state index in [1.165, 1.54) is 9.73 Å². The van der Waals surface area contributed by atoms with Gasteiger partial charge in [-0.15, -0.1) is 0 Å². The predicted molar refractivity (Wildman–Crippen MR) is 68.1 cm³/mol. The number of hydrogen-bond donors (Lipinski definition) is 1. The highest BCUT2D eigenvalue weighted by Crippen LogP contribution is 2.21. The Bertz CT molecular complexity index is 603. The molecule has 2 rings (SSSR count). The van der Waals surface area contributed by atoms with E-state index in [0.29, 0.717) is 6.42 Å². The van der Waals surface area contributed by atoms with Crippen LogP contribution in [0.5, 0.6) is 0 Å². The lowest BCUT2D eigenvalue weighted by molar-refractivity contribution is -0.0447. The fourth-order valence-corrected chi connectivity index (χ4v) is 2.20. The van der Waals surface area contributed by atoms with Crippen LogP contribution in [-0.2, 0) is 10.0 Å². The van der Waals surface area contributed by atoms with E-state index in [4.69, 9.17) is 0 Å². The van der Waals surface area contributed by atoms with E-state index in [1.807, 2.05) is 18.2 Å². The van der Waals surface area contributed by atoms with Crippen LogP contribution in [0.15, 0.2) is 41.2 Å². The fourth-order valence-electron chi connectivity index (χ4n) is 1.67. The molecule has 9 heteroatoms. The molecule has 0 bridgehead atoms. The zero-order valence-corrected chi connectivity index (χ0v) is 11.1. The molecule has 5 nitrogen and oxygen atoms in total. The first kappa shape index (κ1) is 14.8. The molecule has 0 fully saturated rings. The average Bonchev–Trinajstić information content (AvgIpc) is 2.37. The van der Waals surface area contributed by atoms with E-state index in [-0.39, 0.29) is 13.1 Å². The Morgan fingerprint density at radius 3 is 2.85 bits per heavy atom. The number of nitrogens with zero attached hydrogens (tertiary/aromatic N) is 2. The van der Waals surface area contributed by atoms with Gasteiger partial charge in [-0.2, -0.15) is 18.3 Å². The molecular formula is C11H12F3N3O2S. The van der Waals surface area contributed by atoms with Gasteiger partial charge in [-0.3, -0.25) is 5.01 Å². The summed E-state index contributed by atoms with van der Waals surface area (Å²) in [4.78, 5) is 0. The van der Waals surface area contributed by atoms with Gasteiger partial charge in [-0.1, -0.05) is 18.2 Å². The minimum atomic E-state index is -5.29. The Hall–Kier alpha value is -1.61. The maximum Gasteiger partial charge on any atom is 0.511 e. The zero-order valence-electron chi connectivity index (χ0n) is 10.3. The highest BCUT2D eigenvalue weighted by Gasteiger charge is 2.45. The molecule has 0 aromatic carbocycles. The quantitative estimate of drug-likeness (QED) is 0.856. The highest BCUT2D eigenvalue weighted by molar-refractivity contribution is 7.90.